The van der Waals surface area contributed by atoms with E-state index in [1.165, 1.54) is 6.92 Å². The molecular formula is C13H15N3O3. The van der Waals surface area contributed by atoms with E-state index in [-0.39, 0.29) is 24.1 Å². The Morgan fingerprint density at radius 2 is 2.21 bits per heavy atom. The van der Waals surface area contributed by atoms with E-state index in [9.17, 15) is 14.4 Å². The van der Waals surface area contributed by atoms with E-state index in [4.69, 9.17) is 0 Å². The van der Waals surface area contributed by atoms with Crippen molar-refractivity contribution in [2.75, 3.05) is 23.3 Å². The molecule has 1 aliphatic heterocycles. The summed E-state index contributed by atoms with van der Waals surface area (Å²) in [6.45, 7) is 2.58. The average Bonchev–Trinajstić information content (AvgIpc) is 2.74. The number of benzene rings is 1. The molecule has 6 nitrogen and oxygen atoms in total. The van der Waals surface area contributed by atoms with Crippen LogP contribution in [0.4, 0.5) is 16.2 Å². The molecule has 1 heterocycles. The van der Waals surface area contributed by atoms with Gasteiger partial charge in [-0.3, -0.25) is 14.5 Å². The summed E-state index contributed by atoms with van der Waals surface area (Å²) < 4.78 is 0. The summed E-state index contributed by atoms with van der Waals surface area (Å²) in [6.07, 6.45) is -0.144. The van der Waals surface area contributed by atoms with Crippen molar-refractivity contribution in [1.82, 2.24) is 5.32 Å². The van der Waals surface area contributed by atoms with Crippen LogP contribution < -0.4 is 15.5 Å². The number of Topliss-reactive ketones (excluding diaryl/α,β-unsaturated/α-hetero) is 1. The minimum absolute atomic E-state index is 0.144. The SMILES string of the molecule is CC(=O)CC(=O)Nc1cccc(N2CCNC2=O)c1. The second-order valence-corrected chi connectivity index (χ2v) is 4.36. The lowest BCUT2D eigenvalue weighted by molar-refractivity contribution is -0.124. The fraction of sp³-hybridized carbons (Fsp3) is 0.308. The molecule has 1 aromatic rings. The lowest BCUT2D eigenvalue weighted by Crippen LogP contribution is -2.27. The topological polar surface area (TPSA) is 78.5 Å². The molecule has 0 atom stereocenters. The fourth-order valence-corrected chi connectivity index (χ4v) is 1.90. The first-order valence-corrected chi connectivity index (χ1v) is 6.01. The number of anilines is 2. The normalized spacial score (nSPS) is 14.2. The van der Waals surface area contributed by atoms with Crippen LogP contribution in [0.2, 0.25) is 0 Å². The molecule has 1 aromatic carbocycles. The first-order chi connectivity index (χ1) is 9.06. The molecule has 3 amide bonds. The summed E-state index contributed by atoms with van der Waals surface area (Å²) in [5.41, 5.74) is 1.29. The highest BCUT2D eigenvalue weighted by atomic mass is 16.2. The Hall–Kier alpha value is -2.37. The van der Waals surface area contributed by atoms with Crippen LogP contribution in [0, 0.1) is 0 Å². The molecule has 2 rings (SSSR count). The predicted octanol–water partition coefficient (Wildman–Crippen LogP) is 1.13. The molecule has 0 unspecified atom stereocenters. The third-order valence-corrected chi connectivity index (χ3v) is 2.71. The smallest absolute Gasteiger partial charge is 0.321 e. The molecular weight excluding hydrogens is 246 g/mol. The van der Waals surface area contributed by atoms with Crippen LogP contribution in [0.5, 0.6) is 0 Å². The first kappa shape index (κ1) is 13.1. The number of nitrogens with one attached hydrogen (secondary N) is 2. The van der Waals surface area contributed by atoms with Gasteiger partial charge in [-0.25, -0.2) is 4.79 Å². The largest absolute Gasteiger partial charge is 0.336 e. The highest BCUT2D eigenvalue weighted by molar-refractivity contribution is 6.04. The molecule has 1 fully saturated rings. The number of amides is 3. The van der Waals surface area contributed by atoms with Crippen LogP contribution in [-0.2, 0) is 9.59 Å². The van der Waals surface area contributed by atoms with Gasteiger partial charge in [0, 0.05) is 24.5 Å². The summed E-state index contributed by atoms with van der Waals surface area (Å²) in [5.74, 6) is -0.539. The second kappa shape index (κ2) is 5.51. The Kier molecular flexibility index (Phi) is 3.79. The van der Waals surface area contributed by atoms with E-state index in [1.807, 2.05) is 0 Å². The zero-order valence-corrected chi connectivity index (χ0v) is 10.6. The summed E-state index contributed by atoms with van der Waals surface area (Å²) in [7, 11) is 0. The van der Waals surface area contributed by atoms with Gasteiger partial charge in [-0.15, -0.1) is 0 Å². The minimum atomic E-state index is -0.351. The van der Waals surface area contributed by atoms with E-state index >= 15 is 0 Å². The van der Waals surface area contributed by atoms with Crippen molar-refractivity contribution in [3.8, 4) is 0 Å². The summed E-state index contributed by atoms with van der Waals surface area (Å²) in [4.78, 5) is 35.5. The Morgan fingerprint density at radius 3 is 2.84 bits per heavy atom. The van der Waals surface area contributed by atoms with Gasteiger partial charge in [-0.05, 0) is 25.1 Å². The monoisotopic (exact) mass is 261 g/mol. The predicted molar refractivity (Wildman–Crippen MR) is 71.1 cm³/mol. The molecule has 100 valence electrons. The maximum Gasteiger partial charge on any atom is 0.321 e. The van der Waals surface area contributed by atoms with E-state index < -0.39 is 0 Å². The molecule has 19 heavy (non-hydrogen) atoms. The zero-order valence-electron chi connectivity index (χ0n) is 10.6. The van der Waals surface area contributed by atoms with Crippen molar-refractivity contribution >= 4 is 29.1 Å². The first-order valence-electron chi connectivity index (χ1n) is 6.01. The lowest BCUT2D eigenvalue weighted by Gasteiger charge is -2.15. The van der Waals surface area contributed by atoms with Gasteiger partial charge in [-0.1, -0.05) is 6.07 Å². The van der Waals surface area contributed by atoms with Crippen LogP contribution in [0.1, 0.15) is 13.3 Å². The van der Waals surface area contributed by atoms with Gasteiger partial charge in [0.2, 0.25) is 5.91 Å². The Bertz CT molecular complexity index is 528. The van der Waals surface area contributed by atoms with Crippen LogP contribution in [0.3, 0.4) is 0 Å². The van der Waals surface area contributed by atoms with Gasteiger partial charge < -0.3 is 10.6 Å². The lowest BCUT2D eigenvalue weighted by atomic mass is 10.2. The molecule has 0 spiro atoms. The zero-order chi connectivity index (χ0) is 13.8. The van der Waals surface area contributed by atoms with E-state index in [0.29, 0.717) is 18.8 Å². The Labute approximate surface area is 110 Å². The van der Waals surface area contributed by atoms with Crippen molar-refractivity contribution in [1.29, 1.82) is 0 Å². The number of ketones is 1. The van der Waals surface area contributed by atoms with Gasteiger partial charge in [0.05, 0.1) is 6.42 Å². The number of urea groups is 1. The number of hydrogen-bond donors (Lipinski definition) is 2. The Balaban J connectivity index is 2.09. The van der Waals surface area contributed by atoms with Gasteiger partial charge in [-0.2, -0.15) is 0 Å². The van der Waals surface area contributed by atoms with Gasteiger partial charge in [0.1, 0.15) is 5.78 Å². The van der Waals surface area contributed by atoms with Crippen LogP contribution >= 0.6 is 0 Å². The van der Waals surface area contributed by atoms with E-state index in [2.05, 4.69) is 10.6 Å². The number of hydrogen-bond acceptors (Lipinski definition) is 3. The van der Waals surface area contributed by atoms with Gasteiger partial charge >= 0.3 is 6.03 Å². The molecule has 0 saturated carbocycles. The highest BCUT2D eigenvalue weighted by Crippen LogP contribution is 2.21. The summed E-state index contributed by atoms with van der Waals surface area (Å²) in [5, 5.41) is 5.34. The minimum Gasteiger partial charge on any atom is -0.336 e. The number of carbonyl (C=O) groups is 3. The van der Waals surface area contributed by atoms with E-state index in [1.54, 1.807) is 29.2 Å². The van der Waals surface area contributed by atoms with Crippen LogP contribution in [0.15, 0.2) is 24.3 Å². The molecule has 0 aliphatic carbocycles. The van der Waals surface area contributed by atoms with Crippen molar-refractivity contribution in [3.05, 3.63) is 24.3 Å². The molecule has 0 aromatic heterocycles. The van der Waals surface area contributed by atoms with Crippen LogP contribution in [0.25, 0.3) is 0 Å². The standard InChI is InChI=1S/C13H15N3O3/c1-9(17)7-12(18)15-10-3-2-4-11(8-10)16-6-5-14-13(16)19/h2-4,8H,5-7H2,1H3,(H,14,19)(H,15,18). The van der Waals surface area contributed by atoms with Gasteiger partial charge in [0.25, 0.3) is 0 Å². The van der Waals surface area contributed by atoms with Crippen molar-refractivity contribution in [2.24, 2.45) is 0 Å². The van der Waals surface area contributed by atoms with Crippen LogP contribution in [-0.4, -0.2) is 30.8 Å². The third-order valence-electron chi connectivity index (χ3n) is 2.71. The van der Waals surface area contributed by atoms with Crippen molar-refractivity contribution in [3.63, 3.8) is 0 Å². The molecule has 0 radical (unpaired) electrons. The molecule has 1 saturated heterocycles. The van der Waals surface area contributed by atoms with Crippen molar-refractivity contribution in [2.45, 2.75) is 13.3 Å². The Morgan fingerprint density at radius 1 is 1.42 bits per heavy atom. The average molecular weight is 261 g/mol. The molecule has 1 aliphatic rings. The number of nitrogens with zero attached hydrogens (tertiary/aromatic N) is 1. The third kappa shape index (κ3) is 3.31. The molecule has 0 bridgehead atoms. The van der Waals surface area contributed by atoms with Gasteiger partial charge in [0.15, 0.2) is 0 Å². The molecule has 6 heteroatoms. The van der Waals surface area contributed by atoms with Crippen molar-refractivity contribution < 1.29 is 14.4 Å². The number of carbonyl (C=O) groups excluding carboxylic acids is 3. The summed E-state index contributed by atoms with van der Waals surface area (Å²) in [6, 6.07) is 6.83. The highest BCUT2D eigenvalue weighted by Gasteiger charge is 2.21. The number of rotatable bonds is 4. The second-order valence-electron chi connectivity index (χ2n) is 4.36. The quantitative estimate of drug-likeness (QED) is 0.797. The maximum atomic E-state index is 11.5. The van der Waals surface area contributed by atoms with E-state index in [0.717, 1.165) is 5.69 Å². The summed E-state index contributed by atoms with van der Waals surface area (Å²) >= 11 is 0. The maximum absolute atomic E-state index is 11.5. The fourth-order valence-electron chi connectivity index (χ4n) is 1.90. The molecule has 2 N–H and O–H groups in total.